The van der Waals surface area contributed by atoms with E-state index in [9.17, 15) is 14.7 Å². The van der Waals surface area contributed by atoms with Crippen LogP contribution in [0.3, 0.4) is 0 Å². The van der Waals surface area contributed by atoms with Gasteiger partial charge in [-0.3, -0.25) is 4.79 Å². The second-order valence-corrected chi connectivity index (χ2v) is 4.53. The lowest BCUT2D eigenvalue weighted by atomic mass is 10.1. The summed E-state index contributed by atoms with van der Waals surface area (Å²) < 4.78 is 5.05. The van der Waals surface area contributed by atoms with Gasteiger partial charge in [0.15, 0.2) is 6.04 Å². The van der Waals surface area contributed by atoms with Crippen LogP contribution in [0.1, 0.15) is 10.4 Å². The van der Waals surface area contributed by atoms with Gasteiger partial charge in [-0.1, -0.05) is 11.6 Å². The lowest BCUT2D eigenvalue weighted by molar-refractivity contribution is -0.147. The average Bonchev–Trinajstić information content (AvgIpc) is 2.40. The second kappa shape index (κ2) is 5.46. The Balaban J connectivity index is 2.31. The first-order valence-electron chi connectivity index (χ1n) is 5.60. The average molecular weight is 286 g/mol. The van der Waals surface area contributed by atoms with Gasteiger partial charge in [-0.2, -0.15) is 0 Å². The molecule has 0 saturated carbocycles. The molecule has 1 saturated heterocycles. The van der Waals surface area contributed by atoms with Crippen molar-refractivity contribution in [2.75, 3.05) is 19.8 Å². The normalized spacial score (nSPS) is 19.2. The van der Waals surface area contributed by atoms with E-state index in [1.807, 2.05) is 0 Å². The molecule has 1 atom stereocenters. The number of benzene rings is 1. The summed E-state index contributed by atoms with van der Waals surface area (Å²) in [6.07, 6.45) is 0. The Morgan fingerprint density at radius 2 is 2.16 bits per heavy atom. The van der Waals surface area contributed by atoms with Gasteiger partial charge in [-0.05, 0) is 18.2 Å². The Kier molecular flexibility index (Phi) is 3.92. The maximum Gasteiger partial charge on any atom is 0.328 e. The van der Waals surface area contributed by atoms with Gasteiger partial charge in [0.05, 0.1) is 18.8 Å². The van der Waals surface area contributed by atoms with Crippen LogP contribution in [0.15, 0.2) is 18.2 Å². The van der Waals surface area contributed by atoms with Crippen molar-refractivity contribution in [1.29, 1.82) is 0 Å². The number of carbonyl (C=O) groups excluding carboxylic acids is 1. The van der Waals surface area contributed by atoms with E-state index in [0.717, 1.165) is 4.90 Å². The largest absolute Gasteiger partial charge is 0.507 e. The van der Waals surface area contributed by atoms with E-state index in [2.05, 4.69) is 0 Å². The summed E-state index contributed by atoms with van der Waals surface area (Å²) in [4.78, 5) is 24.5. The molecule has 0 bridgehead atoms. The Bertz CT molecular complexity index is 519. The van der Waals surface area contributed by atoms with E-state index in [1.165, 1.54) is 18.2 Å². The number of carboxylic acid groups (broad SMARTS) is 1. The molecule has 0 spiro atoms. The zero-order valence-electron chi connectivity index (χ0n) is 9.88. The summed E-state index contributed by atoms with van der Waals surface area (Å²) in [7, 11) is 0. The number of carboxylic acids is 1. The fraction of sp³-hybridized carbons (Fsp3) is 0.333. The number of carbonyl (C=O) groups is 2. The number of amides is 1. The van der Waals surface area contributed by atoms with Gasteiger partial charge in [0.25, 0.3) is 5.91 Å². The SMILES string of the molecule is O=C(O)C1COCCN1C(=O)c1cc(Cl)ccc1O. The fourth-order valence-electron chi connectivity index (χ4n) is 1.89. The van der Waals surface area contributed by atoms with Gasteiger partial charge in [0.2, 0.25) is 0 Å². The molecular formula is C12H12ClNO5. The Hall–Kier alpha value is -1.79. The highest BCUT2D eigenvalue weighted by atomic mass is 35.5. The molecule has 2 rings (SSSR count). The first kappa shape index (κ1) is 13.6. The number of phenolic OH excluding ortho intramolecular Hbond substituents is 1. The number of hydrogen-bond donors (Lipinski definition) is 2. The molecule has 1 fully saturated rings. The molecule has 1 heterocycles. The number of phenols is 1. The Morgan fingerprint density at radius 3 is 2.84 bits per heavy atom. The summed E-state index contributed by atoms with van der Waals surface area (Å²) in [5.74, 6) is -1.95. The minimum Gasteiger partial charge on any atom is -0.507 e. The first-order valence-corrected chi connectivity index (χ1v) is 5.98. The van der Waals surface area contributed by atoms with Gasteiger partial charge >= 0.3 is 5.97 Å². The van der Waals surface area contributed by atoms with Crippen LogP contribution in [0.25, 0.3) is 0 Å². The van der Waals surface area contributed by atoms with Crippen molar-refractivity contribution in [3.8, 4) is 5.75 Å². The number of halogens is 1. The highest BCUT2D eigenvalue weighted by Crippen LogP contribution is 2.24. The topological polar surface area (TPSA) is 87.1 Å². The predicted octanol–water partition coefficient (Wildman–Crippen LogP) is 0.971. The number of morpholine rings is 1. The zero-order valence-corrected chi connectivity index (χ0v) is 10.6. The molecule has 1 aliphatic rings. The fourth-order valence-corrected chi connectivity index (χ4v) is 2.06. The van der Waals surface area contributed by atoms with Crippen LogP contribution in [0.2, 0.25) is 5.02 Å². The van der Waals surface area contributed by atoms with Gasteiger partial charge in [0.1, 0.15) is 5.75 Å². The van der Waals surface area contributed by atoms with Gasteiger partial charge in [-0.15, -0.1) is 0 Å². The molecule has 1 aromatic rings. The molecule has 0 aromatic heterocycles. The van der Waals surface area contributed by atoms with Crippen LogP contribution in [0.4, 0.5) is 0 Å². The molecule has 102 valence electrons. The van der Waals surface area contributed by atoms with Crippen LogP contribution in [-0.2, 0) is 9.53 Å². The second-order valence-electron chi connectivity index (χ2n) is 4.09. The highest BCUT2D eigenvalue weighted by Gasteiger charge is 2.34. The Morgan fingerprint density at radius 1 is 1.42 bits per heavy atom. The van der Waals surface area contributed by atoms with E-state index in [4.69, 9.17) is 21.4 Å². The van der Waals surface area contributed by atoms with Crippen molar-refractivity contribution in [3.05, 3.63) is 28.8 Å². The van der Waals surface area contributed by atoms with E-state index >= 15 is 0 Å². The van der Waals surface area contributed by atoms with Gasteiger partial charge in [-0.25, -0.2) is 4.79 Å². The molecule has 0 aliphatic carbocycles. The minimum atomic E-state index is -1.14. The number of rotatable bonds is 2. The summed E-state index contributed by atoms with van der Waals surface area (Å²) in [6, 6.07) is 3.00. The summed E-state index contributed by atoms with van der Waals surface area (Å²) in [5.41, 5.74) is -0.0133. The molecule has 6 nitrogen and oxygen atoms in total. The lowest BCUT2D eigenvalue weighted by Crippen LogP contribution is -2.52. The van der Waals surface area contributed by atoms with Crippen LogP contribution in [0.5, 0.6) is 5.75 Å². The van der Waals surface area contributed by atoms with E-state index in [0.29, 0.717) is 5.02 Å². The summed E-state index contributed by atoms with van der Waals surface area (Å²) in [6.45, 7) is 0.348. The number of aromatic hydroxyl groups is 1. The van der Waals surface area contributed by atoms with Crippen molar-refractivity contribution >= 4 is 23.5 Å². The van der Waals surface area contributed by atoms with Gasteiger partial charge < -0.3 is 19.8 Å². The third kappa shape index (κ3) is 2.80. The van der Waals surface area contributed by atoms with E-state index < -0.39 is 17.9 Å². The zero-order chi connectivity index (χ0) is 14.0. The molecule has 19 heavy (non-hydrogen) atoms. The maximum atomic E-state index is 12.3. The van der Waals surface area contributed by atoms with Crippen LogP contribution >= 0.6 is 11.6 Å². The molecule has 2 N–H and O–H groups in total. The quantitative estimate of drug-likeness (QED) is 0.845. The standard InChI is InChI=1S/C12H12ClNO5/c13-7-1-2-10(15)8(5-7)11(16)14-3-4-19-6-9(14)12(17)18/h1-2,5,9,15H,3-4,6H2,(H,17,18). The molecule has 1 amide bonds. The van der Waals surface area contributed by atoms with Crippen molar-refractivity contribution in [2.45, 2.75) is 6.04 Å². The number of nitrogens with zero attached hydrogens (tertiary/aromatic N) is 1. The predicted molar refractivity (Wildman–Crippen MR) is 66.4 cm³/mol. The molecule has 1 aromatic carbocycles. The van der Waals surface area contributed by atoms with Crippen molar-refractivity contribution in [2.24, 2.45) is 0 Å². The molecular weight excluding hydrogens is 274 g/mol. The van der Waals surface area contributed by atoms with Crippen molar-refractivity contribution < 1.29 is 24.5 Å². The third-order valence-corrected chi connectivity index (χ3v) is 3.10. The third-order valence-electron chi connectivity index (χ3n) is 2.86. The lowest BCUT2D eigenvalue weighted by Gasteiger charge is -2.33. The number of hydrogen-bond acceptors (Lipinski definition) is 4. The van der Waals surface area contributed by atoms with Crippen LogP contribution in [0, 0.1) is 0 Å². The molecule has 7 heteroatoms. The monoisotopic (exact) mass is 285 g/mol. The van der Waals surface area contributed by atoms with E-state index in [1.54, 1.807) is 0 Å². The van der Waals surface area contributed by atoms with Crippen molar-refractivity contribution in [1.82, 2.24) is 4.90 Å². The minimum absolute atomic E-state index is 0.0133. The summed E-state index contributed by atoms with van der Waals surface area (Å²) in [5, 5.41) is 19.0. The smallest absolute Gasteiger partial charge is 0.328 e. The Labute approximate surface area is 114 Å². The van der Waals surface area contributed by atoms with E-state index in [-0.39, 0.29) is 31.1 Å². The maximum absolute atomic E-state index is 12.3. The van der Waals surface area contributed by atoms with Crippen LogP contribution in [-0.4, -0.2) is 52.8 Å². The highest BCUT2D eigenvalue weighted by molar-refractivity contribution is 6.31. The number of ether oxygens (including phenoxy) is 1. The number of aliphatic carboxylic acids is 1. The van der Waals surface area contributed by atoms with Crippen LogP contribution < -0.4 is 0 Å². The molecule has 1 aliphatic heterocycles. The first-order chi connectivity index (χ1) is 9.00. The van der Waals surface area contributed by atoms with Gasteiger partial charge in [0, 0.05) is 11.6 Å². The molecule has 0 radical (unpaired) electrons. The van der Waals surface area contributed by atoms with Crippen molar-refractivity contribution in [3.63, 3.8) is 0 Å². The molecule has 1 unspecified atom stereocenters. The summed E-state index contributed by atoms with van der Waals surface area (Å²) >= 11 is 5.78.